The molecular weight excluding hydrogens is 397 g/mol. The van der Waals surface area contributed by atoms with Gasteiger partial charge in [0.2, 0.25) is 5.95 Å². The van der Waals surface area contributed by atoms with Crippen molar-refractivity contribution in [1.29, 1.82) is 0 Å². The number of nitrogens with zero attached hydrogens (tertiary/aromatic N) is 2. The predicted molar refractivity (Wildman–Crippen MR) is 82.9 cm³/mol. The maximum atomic E-state index is 13.5. The van der Waals surface area contributed by atoms with Crippen molar-refractivity contribution < 1.29 is 4.39 Å². The highest BCUT2D eigenvalue weighted by atomic mass is 79.9. The van der Waals surface area contributed by atoms with Gasteiger partial charge in [0.05, 0.1) is 25.8 Å². The van der Waals surface area contributed by atoms with E-state index in [1.54, 1.807) is 17.4 Å². The van der Waals surface area contributed by atoms with Crippen LogP contribution in [0.2, 0.25) is 0 Å². The highest BCUT2D eigenvalue weighted by molar-refractivity contribution is 9.11. The number of thiophene rings is 1. The lowest BCUT2D eigenvalue weighted by atomic mass is 10.3. The fraction of sp³-hybridized carbons (Fsp3) is 0.0833. The van der Waals surface area contributed by atoms with E-state index >= 15 is 0 Å². The molecule has 0 atom stereocenters. The summed E-state index contributed by atoms with van der Waals surface area (Å²) < 4.78 is 16.8. The average Bonchev–Trinajstić information content (AvgIpc) is 2.87. The molecule has 0 aliphatic rings. The van der Waals surface area contributed by atoms with Gasteiger partial charge < -0.3 is 10.3 Å². The Kier molecular flexibility index (Phi) is 3.36. The molecule has 2 aromatic heterocycles. The van der Waals surface area contributed by atoms with E-state index in [0.29, 0.717) is 22.5 Å². The Balaban J connectivity index is 2.12. The molecule has 3 aromatic rings. The number of nitrogen functional groups attached to an aromatic ring is 1. The predicted octanol–water partition coefficient (Wildman–Crippen LogP) is 4.39. The molecule has 0 unspecified atom stereocenters. The van der Waals surface area contributed by atoms with Crippen LogP contribution in [0, 0.1) is 5.82 Å². The topological polar surface area (TPSA) is 43.8 Å². The van der Waals surface area contributed by atoms with Crippen LogP contribution in [0.25, 0.3) is 11.0 Å². The fourth-order valence-corrected chi connectivity index (χ4v) is 3.70. The molecule has 0 amide bonds. The van der Waals surface area contributed by atoms with Gasteiger partial charge in [-0.3, -0.25) is 0 Å². The Bertz CT molecular complexity index is 766. The zero-order valence-electron chi connectivity index (χ0n) is 9.53. The van der Waals surface area contributed by atoms with Crippen LogP contribution < -0.4 is 5.73 Å². The summed E-state index contributed by atoms with van der Waals surface area (Å²) >= 11 is 8.26. The van der Waals surface area contributed by atoms with Gasteiger partial charge in [0.25, 0.3) is 0 Å². The summed E-state index contributed by atoms with van der Waals surface area (Å²) in [4.78, 5) is 5.34. The molecule has 3 rings (SSSR count). The second kappa shape index (κ2) is 4.88. The first kappa shape index (κ1) is 13.1. The van der Waals surface area contributed by atoms with Crippen molar-refractivity contribution in [3.8, 4) is 0 Å². The van der Waals surface area contributed by atoms with E-state index in [9.17, 15) is 4.39 Å². The van der Waals surface area contributed by atoms with Crippen LogP contribution in [0.5, 0.6) is 0 Å². The summed E-state index contributed by atoms with van der Waals surface area (Å²) in [6, 6.07) is 7.11. The largest absolute Gasteiger partial charge is 0.369 e. The molecule has 0 radical (unpaired) electrons. The van der Waals surface area contributed by atoms with Gasteiger partial charge in [-0.15, -0.1) is 11.3 Å². The molecule has 2 heterocycles. The standard InChI is InChI=1S/C12H8Br2FN3S/c13-7-3-10-9(4-8(7)15)17-12(16)18(10)5-6-1-2-11(14)19-6/h1-4H,5H2,(H2,16,17). The number of rotatable bonds is 2. The maximum absolute atomic E-state index is 13.5. The Labute approximate surface area is 129 Å². The highest BCUT2D eigenvalue weighted by Crippen LogP contribution is 2.28. The second-order valence-corrected chi connectivity index (χ2v) is 7.42. The van der Waals surface area contributed by atoms with Crippen molar-refractivity contribution in [3.05, 3.63) is 43.2 Å². The van der Waals surface area contributed by atoms with Crippen LogP contribution in [-0.2, 0) is 6.54 Å². The number of nitrogens with two attached hydrogens (primary N) is 1. The van der Waals surface area contributed by atoms with Crippen molar-refractivity contribution in [3.63, 3.8) is 0 Å². The highest BCUT2D eigenvalue weighted by Gasteiger charge is 2.12. The Morgan fingerprint density at radius 3 is 2.79 bits per heavy atom. The molecule has 0 aliphatic carbocycles. The smallest absolute Gasteiger partial charge is 0.201 e. The molecule has 98 valence electrons. The summed E-state index contributed by atoms with van der Waals surface area (Å²) in [6.45, 7) is 0.622. The Morgan fingerprint density at radius 2 is 2.11 bits per heavy atom. The minimum absolute atomic E-state index is 0.337. The number of anilines is 1. The van der Waals surface area contributed by atoms with Crippen molar-refractivity contribution in [2.24, 2.45) is 0 Å². The minimum Gasteiger partial charge on any atom is -0.369 e. The summed E-state index contributed by atoms with van der Waals surface area (Å²) in [7, 11) is 0. The van der Waals surface area contributed by atoms with E-state index < -0.39 is 0 Å². The fourth-order valence-electron chi connectivity index (χ4n) is 1.90. The third-order valence-electron chi connectivity index (χ3n) is 2.76. The summed E-state index contributed by atoms with van der Waals surface area (Å²) in [5, 5.41) is 0. The van der Waals surface area contributed by atoms with Gasteiger partial charge in [-0.05, 0) is 50.1 Å². The van der Waals surface area contributed by atoms with Gasteiger partial charge in [-0.1, -0.05) is 0 Å². The third kappa shape index (κ3) is 2.42. The number of hydrogen-bond acceptors (Lipinski definition) is 3. The van der Waals surface area contributed by atoms with Crippen LogP contribution in [-0.4, -0.2) is 9.55 Å². The lowest BCUT2D eigenvalue weighted by Gasteiger charge is -2.04. The Morgan fingerprint density at radius 1 is 1.32 bits per heavy atom. The molecule has 0 saturated carbocycles. The van der Waals surface area contributed by atoms with Gasteiger partial charge in [0.1, 0.15) is 5.82 Å². The summed E-state index contributed by atoms with van der Waals surface area (Å²) in [6.07, 6.45) is 0. The minimum atomic E-state index is -0.337. The van der Waals surface area contributed by atoms with E-state index in [-0.39, 0.29) is 5.82 Å². The van der Waals surface area contributed by atoms with E-state index in [2.05, 4.69) is 36.8 Å². The lowest BCUT2D eigenvalue weighted by Crippen LogP contribution is -2.03. The SMILES string of the molecule is Nc1nc2cc(F)c(Br)cc2n1Cc1ccc(Br)s1. The molecule has 2 N–H and O–H groups in total. The van der Waals surface area contributed by atoms with Crippen molar-refractivity contribution >= 4 is 60.2 Å². The van der Waals surface area contributed by atoms with Crippen LogP contribution in [0.1, 0.15) is 4.88 Å². The number of benzene rings is 1. The van der Waals surface area contributed by atoms with Gasteiger partial charge in [0.15, 0.2) is 0 Å². The molecular formula is C12H8Br2FN3S. The number of hydrogen-bond donors (Lipinski definition) is 1. The number of halogens is 3. The molecule has 1 aromatic carbocycles. The molecule has 3 nitrogen and oxygen atoms in total. The van der Waals surface area contributed by atoms with Gasteiger partial charge >= 0.3 is 0 Å². The van der Waals surface area contributed by atoms with Crippen molar-refractivity contribution in [2.75, 3.05) is 5.73 Å². The number of imidazole rings is 1. The van der Waals surface area contributed by atoms with E-state index in [0.717, 1.165) is 14.2 Å². The normalized spacial score (nSPS) is 11.3. The quantitative estimate of drug-likeness (QED) is 0.688. The van der Waals surface area contributed by atoms with Crippen LogP contribution >= 0.6 is 43.2 Å². The zero-order chi connectivity index (χ0) is 13.6. The zero-order valence-corrected chi connectivity index (χ0v) is 13.5. The molecule has 0 fully saturated rings. The Hall–Kier alpha value is -0.920. The molecule has 0 aliphatic heterocycles. The van der Waals surface area contributed by atoms with E-state index in [1.807, 2.05) is 16.7 Å². The molecule has 0 bridgehead atoms. The third-order valence-corrected chi connectivity index (χ3v) is 4.98. The summed E-state index contributed by atoms with van der Waals surface area (Å²) in [5.74, 6) is 0.0491. The molecule has 7 heteroatoms. The summed E-state index contributed by atoms with van der Waals surface area (Å²) in [5.41, 5.74) is 7.29. The average molecular weight is 405 g/mol. The first-order valence-electron chi connectivity index (χ1n) is 5.39. The monoisotopic (exact) mass is 403 g/mol. The molecule has 19 heavy (non-hydrogen) atoms. The van der Waals surface area contributed by atoms with Gasteiger partial charge in [0, 0.05) is 10.9 Å². The first-order valence-corrected chi connectivity index (χ1v) is 7.80. The molecule has 0 spiro atoms. The van der Waals surface area contributed by atoms with Crippen LogP contribution in [0.4, 0.5) is 10.3 Å². The van der Waals surface area contributed by atoms with Gasteiger partial charge in [-0.2, -0.15) is 0 Å². The second-order valence-electron chi connectivity index (χ2n) is 4.02. The van der Waals surface area contributed by atoms with E-state index in [4.69, 9.17) is 5.73 Å². The maximum Gasteiger partial charge on any atom is 0.201 e. The van der Waals surface area contributed by atoms with E-state index in [1.165, 1.54) is 6.07 Å². The van der Waals surface area contributed by atoms with Crippen LogP contribution in [0.15, 0.2) is 32.5 Å². The van der Waals surface area contributed by atoms with Crippen molar-refractivity contribution in [1.82, 2.24) is 9.55 Å². The van der Waals surface area contributed by atoms with Crippen LogP contribution in [0.3, 0.4) is 0 Å². The number of aromatic nitrogens is 2. The molecule has 0 saturated heterocycles. The van der Waals surface area contributed by atoms with Crippen molar-refractivity contribution in [2.45, 2.75) is 6.54 Å². The number of fused-ring (bicyclic) bond motifs is 1. The van der Waals surface area contributed by atoms with Gasteiger partial charge in [-0.25, -0.2) is 9.37 Å². The lowest BCUT2D eigenvalue weighted by molar-refractivity contribution is 0.622. The first-order chi connectivity index (χ1) is 9.04.